The highest BCUT2D eigenvalue weighted by Gasteiger charge is 2.13. The second kappa shape index (κ2) is 6.22. The van der Waals surface area contributed by atoms with E-state index in [0.29, 0.717) is 11.1 Å². The summed E-state index contributed by atoms with van der Waals surface area (Å²) < 4.78 is 39.5. The van der Waals surface area contributed by atoms with Crippen molar-refractivity contribution in [2.75, 3.05) is 0 Å². The van der Waals surface area contributed by atoms with Crippen LogP contribution < -0.4 is 4.72 Å². The molecule has 2 rings (SSSR count). The van der Waals surface area contributed by atoms with Gasteiger partial charge in [-0.1, -0.05) is 17.7 Å². The van der Waals surface area contributed by atoms with Crippen molar-refractivity contribution in [2.24, 2.45) is 0 Å². The zero-order valence-electron chi connectivity index (χ0n) is 10.7. The maximum atomic E-state index is 13.0. The number of halogens is 2. The van der Waals surface area contributed by atoms with Crippen LogP contribution in [0.2, 0.25) is 5.02 Å². The molecule has 0 atom stereocenters. The summed E-state index contributed by atoms with van der Waals surface area (Å²) >= 11 is 5.63. The third kappa shape index (κ3) is 3.79. The number of hydrogen-bond donors (Lipinski definition) is 1. The fraction of sp³-hybridized carbons (Fsp3) is 0.0714. The van der Waals surface area contributed by atoms with Gasteiger partial charge in [-0.05, 0) is 42.0 Å². The highest BCUT2D eigenvalue weighted by Crippen LogP contribution is 2.17. The lowest BCUT2D eigenvalue weighted by Gasteiger charge is -2.07. The number of sulfonamides is 1. The summed E-state index contributed by atoms with van der Waals surface area (Å²) in [6.07, 6.45) is 0. The number of nitrogens with one attached hydrogen (secondary N) is 1. The summed E-state index contributed by atoms with van der Waals surface area (Å²) in [6.45, 7) is -0.0116. The molecule has 21 heavy (non-hydrogen) atoms. The van der Waals surface area contributed by atoms with Gasteiger partial charge in [0.2, 0.25) is 10.0 Å². The Morgan fingerprint density at radius 3 is 2.43 bits per heavy atom. The standard InChI is InChI=1S/C14H10ClFN2O2S/c15-13-7-11(3-6-14(13)16)9-18-21(19,20)12-4-1-10(8-17)2-5-12/h1-7,18H,9H2. The van der Waals surface area contributed by atoms with Crippen LogP contribution in [0.4, 0.5) is 4.39 Å². The van der Waals surface area contributed by atoms with Crippen molar-refractivity contribution < 1.29 is 12.8 Å². The largest absolute Gasteiger partial charge is 0.240 e. The Labute approximate surface area is 126 Å². The molecule has 108 valence electrons. The van der Waals surface area contributed by atoms with Crippen molar-refractivity contribution >= 4 is 21.6 Å². The minimum atomic E-state index is -3.70. The lowest BCUT2D eigenvalue weighted by atomic mass is 10.2. The van der Waals surface area contributed by atoms with Crippen molar-refractivity contribution in [1.29, 1.82) is 5.26 Å². The molecule has 0 amide bonds. The van der Waals surface area contributed by atoms with Crippen LogP contribution in [0, 0.1) is 17.1 Å². The highest BCUT2D eigenvalue weighted by atomic mass is 35.5. The molecule has 4 nitrogen and oxygen atoms in total. The Balaban J connectivity index is 2.13. The number of rotatable bonds is 4. The van der Waals surface area contributed by atoms with Gasteiger partial charge in [0.05, 0.1) is 21.6 Å². The average molecular weight is 325 g/mol. The summed E-state index contributed by atoms with van der Waals surface area (Å²) in [7, 11) is -3.70. The van der Waals surface area contributed by atoms with E-state index in [2.05, 4.69) is 4.72 Å². The molecule has 0 saturated carbocycles. The van der Waals surface area contributed by atoms with Crippen LogP contribution >= 0.6 is 11.6 Å². The predicted octanol–water partition coefficient (Wildman–Crippen LogP) is 2.83. The number of nitriles is 1. The summed E-state index contributed by atoms with van der Waals surface area (Å²) in [5, 5.41) is 8.61. The second-order valence-corrected chi connectivity index (χ2v) is 6.38. The Hall–Kier alpha value is -1.94. The second-order valence-electron chi connectivity index (χ2n) is 4.21. The summed E-state index contributed by atoms with van der Waals surface area (Å²) in [4.78, 5) is 0.0507. The normalized spacial score (nSPS) is 11.1. The predicted molar refractivity (Wildman–Crippen MR) is 76.6 cm³/mol. The molecule has 2 aromatic carbocycles. The van der Waals surface area contributed by atoms with Crippen molar-refractivity contribution in [3.8, 4) is 6.07 Å². The third-order valence-electron chi connectivity index (χ3n) is 2.74. The Morgan fingerprint density at radius 2 is 1.86 bits per heavy atom. The molecular weight excluding hydrogens is 315 g/mol. The molecule has 0 aliphatic heterocycles. The SMILES string of the molecule is N#Cc1ccc(S(=O)(=O)NCc2ccc(F)c(Cl)c2)cc1. The lowest BCUT2D eigenvalue weighted by Crippen LogP contribution is -2.23. The minimum Gasteiger partial charge on any atom is -0.207 e. The van der Waals surface area contributed by atoms with Crippen LogP contribution in [0.15, 0.2) is 47.4 Å². The van der Waals surface area contributed by atoms with E-state index in [1.807, 2.05) is 6.07 Å². The van der Waals surface area contributed by atoms with Crippen LogP contribution in [-0.2, 0) is 16.6 Å². The first kappa shape index (κ1) is 15.4. The van der Waals surface area contributed by atoms with Crippen molar-refractivity contribution in [2.45, 2.75) is 11.4 Å². The molecule has 2 aromatic rings. The number of hydrogen-bond acceptors (Lipinski definition) is 3. The monoisotopic (exact) mass is 324 g/mol. The fourth-order valence-electron chi connectivity index (χ4n) is 1.62. The van der Waals surface area contributed by atoms with Crippen LogP contribution in [0.5, 0.6) is 0 Å². The van der Waals surface area contributed by atoms with Crippen molar-refractivity contribution in [3.05, 3.63) is 64.4 Å². The molecule has 0 radical (unpaired) electrons. The van der Waals surface area contributed by atoms with E-state index < -0.39 is 15.8 Å². The van der Waals surface area contributed by atoms with Gasteiger partial charge in [-0.15, -0.1) is 0 Å². The van der Waals surface area contributed by atoms with E-state index in [1.165, 1.54) is 42.5 Å². The van der Waals surface area contributed by atoms with Gasteiger partial charge < -0.3 is 0 Å². The van der Waals surface area contributed by atoms with Crippen molar-refractivity contribution in [1.82, 2.24) is 4.72 Å². The molecule has 0 spiro atoms. The quantitative estimate of drug-likeness (QED) is 0.940. The van der Waals surface area contributed by atoms with Crippen LogP contribution in [0.1, 0.15) is 11.1 Å². The maximum absolute atomic E-state index is 13.0. The first-order chi connectivity index (χ1) is 9.92. The molecule has 0 fully saturated rings. The summed E-state index contributed by atoms with van der Waals surface area (Å²) in [5.74, 6) is -0.560. The van der Waals surface area contributed by atoms with E-state index in [0.717, 1.165) is 0 Å². The summed E-state index contributed by atoms with van der Waals surface area (Å²) in [6, 6.07) is 11.4. The molecule has 1 N–H and O–H groups in total. The molecule has 0 bridgehead atoms. The van der Waals surface area contributed by atoms with Gasteiger partial charge in [0.25, 0.3) is 0 Å². The fourth-order valence-corrected chi connectivity index (χ4v) is 2.84. The van der Waals surface area contributed by atoms with Gasteiger partial charge >= 0.3 is 0 Å². The van der Waals surface area contributed by atoms with Crippen LogP contribution in [0.3, 0.4) is 0 Å². The van der Waals surface area contributed by atoms with E-state index in [1.54, 1.807) is 0 Å². The van der Waals surface area contributed by atoms with Crippen LogP contribution in [-0.4, -0.2) is 8.42 Å². The molecule has 7 heteroatoms. The zero-order valence-corrected chi connectivity index (χ0v) is 12.2. The van der Waals surface area contributed by atoms with Gasteiger partial charge in [-0.3, -0.25) is 0 Å². The van der Waals surface area contributed by atoms with Gasteiger partial charge in [0, 0.05) is 6.54 Å². The van der Waals surface area contributed by atoms with Crippen molar-refractivity contribution in [3.63, 3.8) is 0 Å². The maximum Gasteiger partial charge on any atom is 0.240 e. The molecule has 0 saturated heterocycles. The Morgan fingerprint density at radius 1 is 1.19 bits per heavy atom. The molecular formula is C14H10ClFN2O2S. The first-order valence-electron chi connectivity index (χ1n) is 5.86. The number of benzene rings is 2. The molecule has 0 aromatic heterocycles. The molecule has 0 aliphatic carbocycles. The average Bonchev–Trinajstić information content (AvgIpc) is 2.48. The first-order valence-corrected chi connectivity index (χ1v) is 7.72. The van der Waals surface area contributed by atoms with E-state index in [-0.39, 0.29) is 16.5 Å². The zero-order chi connectivity index (χ0) is 15.5. The van der Waals surface area contributed by atoms with Crippen LogP contribution in [0.25, 0.3) is 0 Å². The Bertz CT molecular complexity index is 799. The van der Waals surface area contributed by atoms with E-state index >= 15 is 0 Å². The van der Waals surface area contributed by atoms with Gasteiger partial charge in [-0.25, -0.2) is 17.5 Å². The minimum absolute atomic E-state index is 0.0116. The Kier molecular flexibility index (Phi) is 4.58. The third-order valence-corrected chi connectivity index (χ3v) is 4.45. The smallest absolute Gasteiger partial charge is 0.207 e. The topological polar surface area (TPSA) is 70.0 Å². The molecule has 0 aliphatic rings. The van der Waals surface area contributed by atoms with Gasteiger partial charge in [-0.2, -0.15) is 5.26 Å². The van der Waals surface area contributed by atoms with Gasteiger partial charge in [0.1, 0.15) is 5.82 Å². The van der Waals surface area contributed by atoms with E-state index in [9.17, 15) is 12.8 Å². The summed E-state index contributed by atoms with van der Waals surface area (Å²) in [5.41, 5.74) is 0.915. The lowest BCUT2D eigenvalue weighted by molar-refractivity contribution is 0.581. The number of nitrogens with zero attached hydrogens (tertiary/aromatic N) is 1. The molecule has 0 heterocycles. The van der Waals surface area contributed by atoms with E-state index in [4.69, 9.17) is 16.9 Å². The van der Waals surface area contributed by atoms with Gasteiger partial charge in [0.15, 0.2) is 0 Å². The highest BCUT2D eigenvalue weighted by molar-refractivity contribution is 7.89. The molecule has 0 unspecified atom stereocenters.